The van der Waals surface area contributed by atoms with Gasteiger partial charge in [0.1, 0.15) is 6.04 Å². The number of nitrogens with one attached hydrogen (secondary N) is 1. The van der Waals surface area contributed by atoms with E-state index in [4.69, 9.17) is 0 Å². The largest absolute Gasteiger partial charge is 0.328 e. The quantitative estimate of drug-likeness (QED) is 0.747. The molecule has 2 aromatic rings. The number of Topliss-reactive ketones (excluding diaryl/α,β-unsaturated/α-hetero) is 1. The fraction of sp³-hybridized carbons (Fsp3) is 0.389. The number of rotatable bonds is 3. The molecule has 2 aliphatic rings. The minimum Gasteiger partial charge on any atom is -0.328 e. The first-order valence-corrected chi connectivity index (χ1v) is 10.2. The smallest absolute Gasteiger partial charge is 0.227 e. The molecule has 0 spiro atoms. The van der Waals surface area contributed by atoms with Gasteiger partial charge in [-0.15, -0.1) is 5.10 Å². The summed E-state index contributed by atoms with van der Waals surface area (Å²) in [6.45, 7) is 4.20. The topological polar surface area (TPSA) is 59.8 Å². The maximum absolute atomic E-state index is 12.9. The highest BCUT2D eigenvalue weighted by Gasteiger charge is 2.38. The molecule has 1 N–H and O–H groups in total. The number of carbonyl (C=O) groups excluding carboxylic acids is 1. The van der Waals surface area contributed by atoms with E-state index in [0.29, 0.717) is 12.3 Å². The zero-order valence-corrected chi connectivity index (χ0v) is 16.5. The number of allylic oxidation sites excluding steroid dienone is 2. The minimum atomic E-state index is -0.220. The van der Waals surface area contributed by atoms with Crippen molar-refractivity contribution < 1.29 is 4.79 Å². The lowest BCUT2D eigenvalue weighted by molar-refractivity contribution is -0.117. The van der Waals surface area contributed by atoms with E-state index in [2.05, 4.69) is 57.3 Å². The molecular formula is C18H19BrN4OS. The average Bonchev–Trinajstić information content (AvgIpc) is 2.95. The predicted octanol–water partition coefficient (Wildman–Crippen LogP) is 4.42. The summed E-state index contributed by atoms with van der Waals surface area (Å²) in [5.41, 5.74) is 2.88. The van der Waals surface area contributed by atoms with Gasteiger partial charge in [0.05, 0.1) is 0 Å². The van der Waals surface area contributed by atoms with Crippen LogP contribution in [0.15, 0.2) is 45.2 Å². The normalized spacial score (nSPS) is 22.4. The van der Waals surface area contributed by atoms with Gasteiger partial charge in [0, 0.05) is 22.2 Å². The van der Waals surface area contributed by atoms with Crippen LogP contribution < -0.4 is 5.32 Å². The van der Waals surface area contributed by atoms with E-state index in [1.807, 2.05) is 16.8 Å². The molecule has 0 radical (unpaired) electrons. The molecule has 2 heterocycles. The first-order valence-electron chi connectivity index (χ1n) is 8.45. The van der Waals surface area contributed by atoms with Crippen LogP contribution in [0.2, 0.25) is 0 Å². The van der Waals surface area contributed by atoms with Crippen molar-refractivity contribution in [2.45, 2.75) is 37.9 Å². The maximum Gasteiger partial charge on any atom is 0.227 e. The van der Waals surface area contributed by atoms with E-state index in [0.717, 1.165) is 44.6 Å². The predicted molar refractivity (Wildman–Crippen MR) is 103 cm³/mol. The van der Waals surface area contributed by atoms with Gasteiger partial charge in [-0.25, -0.2) is 4.68 Å². The summed E-state index contributed by atoms with van der Waals surface area (Å²) < 4.78 is 2.86. The van der Waals surface area contributed by atoms with Crippen molar-refractivity contribution in [3.63, 3.8) is 0 Å². The zero-order chi connectivity index (χ0) is 17.6. The van der Waals surface area contributed by atoms with E-state index in [-0.39, 0.29) is 11.8 Å². The Morgan fingerprint density at radius 2 is 2.24 bits per heavy atom. The lowest BCUT2D eigenvalue weighted by Crippen LogP contribution is -2.33. The van der Waals surface area contributed by atoms with Gasteiger partial charge in [0.25, 0.3) is 0 Å². The summed E-state index contributed by atoms with van der Waals surface area (Å²) in [5.74, 6) is 2.19. The third kappa shape index (κ3) is 3.04. The van der Waals surface area contributed by atoms with Crippen LogP contribution in [0.25, 0.3) is 0 Å². The molecule has 0 saturated carbocycles. The van der Waals surface area contributed by atoms with Crippen LogP contribution in [0.3, 0.4) is 0 Å². The molecule has 0 fully saturated rings. The highest BCUT2D eigenvalue weighted by molar-refractivity contribution is 9.10. The third-order valence-corrected chi connectivity index (χ3v) is 5.76. The summed E-state index contributed by atoms with van der Waals surface area (Å²) >= 11 is 5.15. The molecule has 0 saturated heterocycles. The van der Waals surface area contributed by atoms with Gasteiger partial charge in [0.2, 0.25) is 11.1 Å². The number of nitrogens with zero attached hydrogens (tertiary/aromatic N) is 3. The molecule has 1 aliphatic carbocycles. The lowest BCUT2D eigenvalue weighted by Gasteiger charge is -2.34. The number of carbonyl (C=O) groups is 1. The molecule has 1 aromatic heterocycles. The summed E-state index contributed by atoms with van der Waals surface area (Å²) in [5, 5.41) is 8.79. The van der Waals surface area contributed by atoms with Gasteiger partial charge in [-0.1, -0.05) is 53.7 Å². The molecule has 5 nitrogen and oxygen atoms in total. The van der Waals surface area contributed by atoms with Crippen molar-refractivity contribution in [3.05, 3.63) is 45.6 Å². The highest BCUT2D eigenvalue weighted by atomic mass is 79.9. The van der Waals surface area contributed by atoms with Crippen molar-refractivity contribution in [2.24, 2.45) is 5.92 Å². The molecule has 2 atom stereocenters. The lowest BCUT2D eigenvalue weighted by atomic mass is 9.81. The Bertz CT molecular complexity index is 876. The molecule has 0 bridgehead atoms. The van der Waals surface area contributed by atoms with Crippen LogP contribution in [0.4, 0.5) is 5.95 Å². The second-order valence-electron chi connectivity index (χ2n) is 6.51. The van der Waals surface area contributed by atoms with Gasteiger partial charge in [-0.2, -0.15) is 4.98 Å². The van der Waals surface area contributed by atoms with Crippen molar-refractivity contribution in [2.75, 3.05) is 11.1 Å². The monoisotopic (exact) mass is 418 g/mol. The standard InChI is InChI=1S/C18H19BrN4OS/c1-3-25-18-21-17-20-13-7-10(2)8-14(24)15(13)16(23(17)22-18)11-5-4-6-12(19)9-11/h4-6,9-10,16H,3,7-8H2,1-2H3,(H,20,21,22). The number of aromatic nitrogens is 3. The van der Waals surface area contributed by atoms with Gasteiger partial charge < -0.3 is 5.32 Å². The molecule has 2 unspecified atom stereocenters. The van der Waals surface area contributed by atoms with Gasteiger partial charge >= 0.3 is 0 Å². The Hall–Kier alpha value is -1.60. The van der Waals surface area contributed by atoms with Gasteiger partial charge in [-0.05, 0) is 35.8 Å². The van der Waals surface area contributed by atoms with Crippen LogP contribution in [0.1, 0.15) is 38.3 Å². The van der Waals surface area contributed by atoms with Crippen molar-refractivity contribution >= 4 is 39.4 Å². The number of fused-ring (bicyclic) bond motifs is 1. The van der Waals surface area contributed by atoms with Crippen LogP contribution in [0.5, 0.6) is 0 Å². The van der Waals surface area contributed by atoms with Gasteiger partial charge in [0.15, 0.2) is 5.78 Å². The van der Waals surface area contributed by atoms with Crippen molar-refractivity contribution in [1.29, 1.82) is 0 Å². The molecule has 130 valence electrons. The molecule has 1 aromatic carbocycles. The molecule has 0 amide bonds. The second-order valence-corrected chi connectivity index (χ2v) is 8.65. The van der Waals surface area contributed by atoms with E-state index in [9.17, 15) is 4.79 Å². The fourth-order valence-corrected chi connectivity index (χ4v) is 4.53. The number of ketones is 1. The van der Waals surface area contributed by atoms with Crippen LogP contribution in [-0.4, -0.2) is 26.3 Å². The number of hydrogen-bond donors (Lipinski definition) is 1. The second kappa shape index (κ2) is 6.61. The average molecular weight is 419 g/mol. The van der Waals surface area contributed by atoms with Gasteiger partial charge in [-0.3, -0.25) is 4.79 Å². The molecule has 1 aliphatic heterocycles. The summed E-state index contributed by atoms with van der Waals surface area (Å²) in [6.07, 6.45) is 1.46. The van der Waals surface area contributed by atoms with E-state index in [1.165, 1.54) is 0 Å². The molecule has 7 heteroatoms. The number of hydrogen-bond acceptors (Lipinski definition) is 5. The third-order valence-electron chi connectivity index (χ3n) is 4.54. The Labute approximate surface area is 159 Å². The Balaban J connectivity index is 1.88. The number of benzene rings is 1. The maximum atomic E-state index is 12.9. The van der Waals surface area contributed by atoms with Crippen LogP contribution >= 0.6 is 27.7 Å². The Kier molecular flexibility index (Phi) is 4.45. The number of thioether (sulfide) groups is 1. The summed E-state index contributed by atoms with van der Waals surface area (Å²) in [7, 11) is 0. The van der Waals surface area contributed by atoms with Crippen LogP contribution in [-0.2, 0) is 4.79 Å². The van der Waals surface area contributed by atoms with Crippen molar-refractivity contribution in [1.82, 2.24) is 14.8 Å². The fourth-order valence-electron chi connectivity index (χ4n) is 3.56. The highest BCUT2D eigenvalue weighted by Crippen LogP contribution is 2.42. The SMILES string of the molecule is CCSc1nc2n(n1)C(c1cccc(Br)c1)C1=C(CC(C)CC1=O)N2. The summed E-state index contributed by atoms with van der Waals surface area (Å²) in [6, 6.07) is 7.88. The summed E-state index contributed by atoms with van der Waals surface area (Å²) in [4.78, 5) is 17.5. The van der Waals surface area contributed by atoms with E-state index >= 15 is 0 Å². The Morgan fingerprint density at radius 1 is 1.40 bits per heavy atom. The first-order chi connectivity index (χ1) is 12.1. The first kappa shape index (κ1) is 16.8. The number of halogens is 1. The minimum absolute atomic E-state index is 0.206. The van der Waals surface area contributed by atoms with Crippen molar-refractivity contribution in [3.8, 4) is 0 Å². The van der Waals surface area contributed by atoms with E-state index < -0.39 is 0 Å². The number of anilines is 1. The van der Waals surface area contributed by atoms with E-state index in [1.54, 1.807) is 11.8 Å². The molecular weight excluding hydrogens is 400 g/mol. The zero-order valence-electron chi connectivity index (χ0n) is 14.1. The van der Waals surface area contributed by atoms with Crippen LogP contribution in [0, 0.1) is 5.92 Å². The molecule has 4 rings (SSSR count). The molecule has 25 heavy (non-hydrogen) atoms. The Morgan fingerprint density at radius 3 is 3.00 bits per heavy atom.